The lowest BCUT2D eigenvalue weighted by Crippen LogP contribution is -2.30. The molecule has 0 saturated carbocycles. The molecule has 0 radical (unpaired) electrons. The lowest BCUT2D eigenvalue weighted by molar-refractivity contribution is 0.250. The Bertz CT molecular complexity index is 654. The van der Waals surface area contributed by atoms with Crippen LogP contribution in [-0.2, 0) is 0 Å². The molecule has 0 atom stereocenters. The maximum Gasteiger partial charge on any atom is 0.319 e. The van der Waals surface area contributed by atoms with Gasteiger partial charge in [0.05, 0.1) is 12.3 Å². The predicted molar refractivity (Wildman–Crippen MR) is 91.2 cm³/mol. The standard InChI is InChI=1S/C18H22N2O3/c1-13-4-7-15(8-5-13)23-11-3-10-19-18(22)20-16-12-14(2)6-9-17(16)21/h4-9,12,21H,3,10-11H2,1-2H3,(H2,19,20,22). The van der Waals surface area contributed by atoms with Crippen molar-refractivity contribution in [3.8, 4) is 11.5 Å². The Morgan fingerprint density at radius 2 is 1.78 bits per heavy atom. The Morgan fingerprint density at radius 1 is 1.09 bits per heavy atom. The van der Waals surface area contributed by atoms with Crippen LogP contribution in [0, 0.1) is 13.8 Å². The van der Waals surface area contributed by atoms with Crippen molar-refractivity contribution in [2.24, 2.45) is 0 Å². The van der Waals surface area contributed by atoms with Crippen LogP contribution >= 0.6 is 0 Å². The zero-order valence-electron chi connectivity index (χ0n) is 13.4. The second-order valence-electron chi connectivity index (χ2n) is 5.42. The van der Waals surface area contributed by atoms with Crippen molar-refractivity contribution >= 4 is 11.7 Å². The number of phenolic OH excluding ortho intramolecular Hbond substituents is 1. The highest BCUT2D eigenvalue weighted by atomic mass is 16.5. The van der Waals surface area contributed by atoms with Crippen molar-refractivity contribution < 1.29 is 14.6 Å². The van der Waals surface area contributed by atoms with E-state index in [1.165, 1.54) is 5.56 Å². The number of hydrogen-bond acceptors (Lipinski definition) is 3. The number of nitrogens with one attached hydrogen (secondary N) is 2. The van der Waals surface area contributed by atoms with Crippen LogP contribution in [0.25, 0.3) is 0 Å². The van der Waals surface area contributed by atoms with Gasteiger partial charge in [-0.3, -0.25) is 0 Å². The van der Waals surface area contributed by atoms with Crippen molar-refractivity contribution in [3.05, 3.63) is 53.6 Å². The molecule has 122 valence electrons. The van der Waals surface area contributed by atoms with E-state index < -0.39 is 0 Å². The Morgan fingerprint density at radius 3 is 2.52 bits per heavy atom. The van der Waals surface area contributed by atoms with E-state index >= 15 is 0 Å². The van der Waals surface area contributed by atoms with Gasteiger partial charge in [0, 0.05) is 6.54 Å². The van der Waals surface area contributed by atoms with Crippen LogP contribution in [0.5, 0.6) is 11.5 Å². The summed E-state index contributed by atoms with van der Waals surface area (Å²) in [7, 11) is 0. The lowest BCUT2D eigenvalue weighted by Gasteiger charge is -2.10. The monoisotopic (exact) mass is 314 g/mol. The Labute approximate surface area is 136 Å². The molecule has 0 aliphatic rings. The minimum atomic E-state index is -0.346. The number of benzene rings is 2. The average Bonchev–Trinajstić information content (AvgIpc) is 2.52. The summed E-state index contributed by atoms with van der Waals surface area (Å²) < 4.78 is 5.58. The Balaban J connectivity index is 1.67. The smallest absolute Gasteiger partial charge is 0.319 e. The number of phenols is 1. The van der Waals surface area contributed by atoms with Crippen LogP contribution in [0.4, 0.5) is 10.5 Å². The predicted octanol–water partition coefficient (Wildman–Crippen LogP) is 3.60. The molecule has 3 N–H and O–H groups in total. The molecule has 0 spiro atoms. The summed E-state index contributed by atoms with van der Waals surface area (Å²) in [4.78, 5) is 11.8. The summed E-state index contributed by atoms with van der Waals surface area (Å²) in [5.74, 6) is 0.873. The number of carbonyl (C=O) groups is 1. The highest BCUT2D eigenvalue weighted by molar-refractivity contribution is 5.90. The van der Waals surface area contributed by atoms with E-state index in [4.69, 9.17) is 4.74 Å². The molecule has 0 fully saturated rings. The van der Waals surface area contributed by atoms with E-state index in [-0.39, 0.29) is 11.8 Å². The van der Waals surface area contributed by atoms with Crippen LogP contribution in [0.1, 0.15) is 17.5 Å². The molecule has 5 heteroatoms. The molecular weight excluding hydrogens is 292 g/mol. The summed E-state index contributed by atoms with van der Waals surface area (Å²) >= 11 is 0. The molecule has 2 aromatic carbocycles. The van der Waals surface area contributed by atoms with E-state index in [1.807, 2.05) is 38.1 Å². The fraction of sp³-hybridized carbons (Fsp3) is 0.278. The fourth-order valence-electron chi connectivity index (χ4n) is 2.02. The molecule has 0 unspecified atom stereocenters. The summed E-state index contributed by atoms with van der Waals surface area (Å²) in [6, 6.07) is 12.6. The van der Waals surface area contributed by atoms with Gasteiger partial charge in [0.2, 0.25) is 0 Å². The van der Waals surface area contributed by atoms with Gasteiger partial charge < -0.3 is 20.5 Å². The number of anilines is 1. The van der Waals surface area contributed by atoms with Crippen LogP contribution in [0.15, 0.2) is 42.5 Å². The van der Waals surface area contributed by atoms with Gasteiger partial charge in [0.15, 0.2) is 0 Å². The van der Waals surface area contributed by atoms with Gasteiger partial charge in [-0.2, -0.15) is 0 Å². The quantitative estimate of drug-likeness (QED) is 0.563. The van der Waals surface area contributed by atoms with Gasteiger partial charge in [0.1, 0.15) is 11.5 Å². The second kappa shape index (κ2) is 8.08. The molecule has 2 aromatic rings. The van der Waals surface area contributed by atoms with E-state index in [0.29, 0.717) is 25.3 Å². The van der Waals surface area contributed by atoms with Crippen LogP contribution < -0.4 is 15.4 Å². The first-order valence-electron chi connectivity index (χ1n) is 7.58. The minimum Gasteiger partial charge on any atom is -0.506 e. The SMILES string of the molecule is Cc1ccc(OCCCNC(=O)Nc2cc(C)ccc2O)cc1. The highest BCUT2D eigenvalue weighted by Crippen LogP contribution is 2.23. The molecular formula is C18H22N2O3. The molecule has 0 aliphatic heterocycles. The summed E-state index contributed by atoms with van der Waals surface area (Å²) in [5.41, 5.74) is 2.55. The van der Waals surface area contributed by atoms with Crippen molar-refractivity contribution in [3.63, 3.8) is 0 Å². The molecule has 0 aliphatic carbocycles. The van der Waals surface area contributed by atoms with E-state index in [0.717, 1.165) is 11.3 Å². The summed E-state index contributed by atoms with van der Waals surface area (Å²) in [5, 5.41) is 15.0. The normalized spacial score (nSPS) is 10.2. The molecule has 2 amide bonds. The molecule has 0 heterocycles. The van der Waals surface area contributed by atoms with Gasteiger partial charge in [-0.1, -0.05) is 23.8 Å². The summed E-state index contributed by atoms with van der Waals surface area (Å²) in [6.45, 7) is 4.94. The largest absolute Gasteiger partial charge is 0.506 e. The van der Waals surface area contributed by atoms with Crippen molar-refractivity contribution in [1.29, 1.82) is 0 Å². The third-order valence-electron chi connectivity index (χ3n) is 3.30. The third kappa shape index (κ3) is 5.54. The minimum absolute atomic E-state index is 0.0495. The van der Waals surface area contributed by atoms with E-state index in [9.17, 15) is 9.90 Å². The maximum atomic E-state index is 11.8. The highest BCUT2D eigenvalue weighted by Gasteiger charge is 2.05. The first kappa shape index (κ1) is 16.7. The van der Waals surface area contributed by atoms with Crippen LogP contribution in [0.3, 0.4) is 0 Å². The zero-order valence-corrected chi connectivity index (χ0v) is 13.4. The molecule has 2 rings (SSSR count). The van der Waals surface area contributed by atoms with Crippen molar-refractivity contribution in [2.45, 2.75) is 20.3 Å². The average molecular weight is 314 g/mol. The topological polar surface area (TPSA) is 70.6 Å². The van der Waals surface area contributed by atoms with Crippen molar-refractivity contribution in [1.82, 2.24) is 5.32 Å². The summed E-state index contributed by atoms with van der Waals surface area (Å²) in [6.07, 6.45) is 0.696. The maximum absolute atomic E-state index is 11.8. The van der Waals surface area contributed by atoms with Gasteiger partial charge in [-0.15, -0.1) is 0 Å². The molecule has 0 aromatic heterocycles. The number of hydrogen-bond donors (Lipinski definition) is 3. The first-order valence-corrected chi connectivity index (χ1v) is 7.58. The Kier molecular flexibility index (Phi) is 5.86. The van der Waals surface area contributed by atoms with Crippen LogP contribution in [-0.4, -0.2) is 24.3 Å². The van der Waals surface area contributed by atoms with Gasteiger partial charge in [0.25, 0.3) is 0 Å². The van der Waals surface area contributed by atoms with Crippen LogP contribution in [0.2, 0.25) is 0 Å². The first-order chi connectivity index (χ1) is 11.0. The number of rotatable bonds is 6. The molecule has 0 bridgehead atoms. The van der Waals surface area contributed by atoms with Gasteiger partial charge in [-0.05, 0) is 50.1 Å². The number of carbonyl (C=O) groups excluding carboxylic acids is 1. The molecule has 5 nitrogen and oxygen atoms in total. The number of aromatic hydroxyl groups is 1. The van der Waals surface area contributed by atoms with Crippen molar-refractivity contribution in [2.75, 3.05) is 18.5 Å². The number of amides is 2. The van der Waals surface area contributed by atoms with E-state index in [1.54, 1.807) is 18.2 Å². The number of urea groups is 1. The lowest BCUT2D eigenvalue weighted by atomic mass is 10.2. The molecule has 23 heavy (non-hydrogen) atoms. The Hall–Kier alpha value is -2.69. The number of ether oxygens (including phenoxy) is 1. The van der Waals surface area contributed by atoms with E-state index in [2.05, 4.69) is 10.6 Å². The third-order valence-corrected chi connectivity index (χ3v) is 3.30. The zero-order chi connectivity index (χ0) is 16.7. The molecule has 0 saturated heterocycles. The van der Waals surface area contributed by atoms with Gasteiger partial charge >= 0.3 is 6.03 Å². The van der Waals surface area contributed by atoms with Gasteiger partial charge in [-0.25, -0.2) is 4.79 Å². The second-order valence-corrected chi connectivity index (χ2v) is 5.42. The number of aryl methyl sites for hydroxylation is 2. The fourth-order valence-corrected chi connectivity index (χ4v) is 2.02.